The molecule has 0 aliphatic carbocycles. The number of benzene rings is 2. The van der Waals surface area contributed by atoms with Gasteiger partial charge in [-0.15, -0.1) is 0 Å². The Kier molecular flexibility index (Phi) is 13.3. The number of hydrogen-bond acceptors (Lipinski definition) is 4. The summed E-state index contributed by atoms with van der Waals surface area (Å²) in [5.74, 6) is -1.22. The summed E-state index contributed by atoms with van der Waals surface area (Å²) in [4.78, 5) is 21.6. The molecule has 35 heavy (non-hydrogen) atoms. The summed E-state index contributed by atoms with van der Waals surface area (Å²) in [7, 11) is 0. The average molecular weight is 504 g/mol. The van der Waals surface area contributed by atoms with Crippen LogP contribution in [0.25, 0.3) is 0 Å². The lowest BCUT2D eigenvalue weighted by Gasteiger charge is -2.32. The molecular weight excluding hydrogens is 466 g/mol. The van der Waals surface area contributed by atoms with Crippen molar-refractivity contribution in [3.8, 4) is 0 Å². The smallest absolute Gasteiger partial charge is 0.328 e. The zero-order valence-electron chi connectivity index (χ0n) is 21.0. The molecule has 0 saturated carbocycles. The molecule has 0 bridgehead atoms. The van der Waals surface area contributed by atoms with Crippen LogP contribution in [-0.4, -0.2) is 51.8 Å². The zero-order valence-corrected chi connectivity index (χ0v) is 21.8. The summed E-state index contributed by atoms with van der Waals surface area (Å²) < 4.78 is 0. The molecule has 3 N–H and O–H groups in total. The minimum atomic E-state index is -1.26. The number of carboxylic acid groups (broad SMARTS) is 2. The van der Waals surface area contributed by atoms with Crippen LogP contribution in [0.15, 0.2) is 66.7 Å². The predicted octanol–water partition coefficient (Wildman–Crippen LogP) is 5.68. The van der Waals surface area contributed by atoms with Crippen LogP contribution in [0.4, 0.5) is 0 Å². The Morgan fingerprint density at radius 3 is 1.74 bits per heavy atom. The Morgan fingerprint density at radius 1 is 0.857 bits per heavy atom. The monoisotopic (exact) mass is 503 g/mol. The third-order valence-corrected chi connectivity index (χ3v) is 5.45. The molecule has 1 atom stereocenters. The van der Waals surface area contributed by atoms with Gasteiger partial charge < -0.3 is 20.2 Å². The predicted molar refractivity (Wildman–Crippen MR) is 141 cm³/mol. The van der Waals surface area contributed by atoms with Crippen molar-refractivity contribution in [2.45, 2.75) is 46.1 Å². The molecule has 0 saturated heterocycles. The van der Waals surface area contributed by atoms with Crippen molar-refractivity contribution >= 4 is 23.5 Å². The van der Waals surface area contributed by atoms with Crippen LogP contribution in [0.5, 0.6) is 0 Å². The van der Waals surface area contributed by atoms with Crippen molar-refractivity contribution in [1.82, 2.24) is 4.90 Å². The number of aliphatic hydroxyl groups is 1. The fourth-order valence-electron chi connectivity index (χ4n) is 3.89. The Morgan fingerprint density at radius 2 is 1.31 bits per heavy atom. The first-order chi connectivity index (χ1) is 16.4. The quantitative estimate of drug-likeness (QED) is 0.322. The third kappa shape index (κ3) is 12.0. The first-order valence-corrected chi connectivity index (χ1v) is 12.2. The summed E-state index contributed by atoms with van der Waals surface area (Å²) in [6, 6.07) is 17.6. The molecule has 7 heteroatoms. The van der Waals surface area contributed by atoms with E-state index in [1.165, 1.54) is 0 Å². The molecule has 2 aromatic carbocycles. The van der Waals surface area contributed by atoms with Gasteiger partial charge in [0.05, 0.1) is 0 Å². The highest BCUT2D eigenvalue weighted by molar-refractivity contribution is 6.30. The van der Waals surface area contributed by atoms with Gasteiger partial charge >= 0.3 is 11.9 Å². The number of hydrogen-bond donors (Lipinski definition) is 3. The Hall–Kier alpha value is -2.67. The van der Waals surface area contributed by atoms with Crippen LogP contribution < -0.4 is 0 Å². The van der Waals surface area contributed by atoms with Crippen LogP contribution in [0, 0.1) is 11.8 Å². The number of carbonyl (C=O) groups is 2. The summed E-state index contributed by atoms with van der Waals surface area (Å²) in [5, 5.41) is 28.0. The van der Waals surface area contributed by atoms with Crippen molar-refractivity contribution in [2.75, 3.05) is 19.6 Å². The molecule has 1 unspecified atom stereocenters. The van der Waals surface area contributed by atoms with Crippen LogP contribution in [-0.2, 0) is 15.2 Å². The van der Waals surface area contributed by atoms with E-state index in [2.05, 4.69) is 32.6 Å². The summed E-state index contributed by atoms with van der Waals surface area (Å²) in [5.41, 5.74) is 0.844. The second-order valence-corrected chi connectivity index (χ2v) is 9.83. The van der Waals surface area contributed by atoms with Crippen molar-refractivity contribution in [2.24, 2.45) is 11.8 Å². The van der Waals surface area contributed by atoms with Gasteiger partial charge in [0.2, 0.25) is 0 Å². The van der Waals surface area contributed by atoms with Crippen LogP contribution in [0.1, 0.15) is 51.7 Å². The van der Waals surface area contributed by atoms with Gasteiger partial charge in [-0.05, 0) is 54.5 Å². The Balaban J connectivity index is 0.000000658. The molecule has 2 aromatic rings. The first-order valence-electron chi connectivity index (χ1n) is 11.8. The van der Waals surface area contributed by atoms with E-state index in [4.69, 9.17) is 21.8 Å². The third-order valence-electron chi connectivity index (χ3n) is 5.20. The second kappa shape index (κ2) is 15.4. The van der Waals surface area contributed by atoms with Gasteiger partial charge in [-0.2, -0.15) is 0 Å². The van der Waals surface area contributed by atoms with E-state index in [9.17, 15) is 14.7 Å². The van der Waals surface area contributed by atoms with Crippen molar-refractivity contribution in [3.63, 3.8) is 0 Å². The zero-order chi connectivity index (χ0) is 26.4. The van der Waals surface area contributed by atoms with Crippen LogP contribution in [0.3, 0.4) is 0 Å². The van der Waals surface area contributed by atoms with E-state index in [1.807, 2.05) is 54.6 Å². The van der Waals surface area contributed by atoms with Crippen molar-refractivity contribution in [3.05, 3.63) is 82.9 Å². The molecule has 0 heterocycles. The SMILES string of the molecule is CC(C)CN(CCCC(O)(c1ccccc1)c1ccc(Cl)cc1)CC(C)C.O=C(O)C=CC(=O)O. The molecule has 0 spiro atoms. The topological polar surface area (TPSA) is 98.1 Å². The fourth-order valence-corrected chi connectivity index (χ4v) is 4.01. The van der Waals surface area contributed by atoms with Gasteiger partial charge in [-0.3, -0.25) is 0 Å². The highest BCUT2D eigenvalue weighted by Crippen LogP contribution is 2.34. The molecule has 6 nitrogen and oxygen atoms in total. The largest absolute Gasteiger partial charge is 0.478 e. The lowest BCUT2D eigenvalue weighted by Crippen LogP contribution is -2.34. The van der Waals surface area contributed by atoms with Gasteiger partial charge in [0.1, 0.15) is 5.60 Å². The summed E-state index contributed by atoms with van der Waals surface area (Å²) in [6.45, 7) is 12.3. The van der Waals surface area contributed by atoms with Gasteiger partial charge in [-0.1, -0.05) is 81.8 Å². The molecule has 0 aliphatic heterocycles. The molecule has 192 valence electrons. The normalized spacial score (nSPS) is 13.1. The van der Waals surface area contributed by atoms with Crippen LogP contribution in [0.2, 0.25) is 5.02 Å². The molecular formula is C28H38ClNO5. The number of nitrogens with zero attached hydrogens (tertiary/aromatic N) is 1. The van der Waals surface area contributed by atoms with Crippen LogP contribution >= 0.6 is 11.6 Å². The summed E-state index contributed by atoms with van der Waals surface area (Å²) >= 11 is 6.06. The molecule has 2 rings (SSSR count). The summed E-state index contributed by atoms with van der Waals surface area (Å²) in [6.07, 6.45) is 2.74. The van der Waals surface area contributed by atoms with Gasteiger partial charge in [0.15, 0.2) is 0 Å². The van der Waals surface area contributed by atoms with Crippen molar-refractivity contribution < 1.29 is 24.9 Å². The van der Waals surface area contributed by atoms with Gasteiger partial charge in [0, 0.05) is 30.3 Å². The number of carboxylic acids is 2. The minimum absolute atomic E-state index is 0.558. The lowest BCUT2D eigenvalue weighted by molar-refractivity contribution is -0.134. The molecule has 0 amide bonds. The molecule has 0 fully saturated rings. The number of rotatable bonds is 12. The van der Waals surface area contributed by atoms with E-state index in [1.54, 1.807) is 0 Å². The van der Waals surface area contributed by atoms with E-state index in [-0.39, 0.29) is 0 Å². The Bertz CT molecular complexity index is 902. The minimum Gasteiger partial charge on any atom is -0.478 e. The van der Waals surface area contributed by atoms with E-state index in [0.717, 1.165) is 37.2 Å². The molecule has 0 aromatic heterocycles. The maximum absolute atomic E-state index is 11.7. The molecule has 0 aliphatic rings. The second-order valence-electron chi connectivity index (χ2n) is 9.39. The van der Waals surface area contributed by atoms with Crippen molar-refractivity contribution in [1.29, 1.82) is 0 Å². The van der Waals surface area contributed by atoms with Gasteiger partial charge in [-0.25, -0.2) is 9.59 Å². The fraction of sp³-hybridized carbons (Fsp3) is 0.429. The van der Waals surface area contributed by atoms with E-state index in [0.29, 0.717) is 35.4 Å². The van der Waals surface area contributed by atoms with Gasteiger partial charge in [0.25, 0.3) is 0 Å². The highest BCUT2D eigenvalue weighted by Gasteiger charge is 2.31. The Labute approximate surface area is 213 Å². The average Bonchev–Trinajstić information content (AvgIpc) is 2.78. The first kappa shape index (κ1) is 30.4. The lowest BCUT2D eigenvalue weighted by atomic mass is 9.82. The number of aliphatic carboxylic acids is 2. The van der Waals surface area contributed by atoms with E-state index < -0.39 is 17.5 Å². The van der Waals surface area contributed by atoms with E-state index >= 15 is 0 Å². The highest BCUT2D eigenvalue weighted by atomic mass is 35.5. The number of halogens is 1. The standard InChI is InChI=1S/C24H34ClNO.C4H4O4/c1-19(2)17-26(18-20(3)4)16-8-15-24(27,21-9-6-5-7-10-21)22-11-13-23(25)14-12-22;5-3(6)1-2-4(7)8/h5-7,9-14,19-20,27H,8,15-18H2,1-4H3;1-2H,(H,5,6)(H,7,8). The maximum atomic E-state index is 11.7. The maximum Gasteiger partial charge on any atom is 0.328 e. The molecule has 0 radical (unpaired) electrons.